The van der Waals surface area contributed by atoms with Gasteiger partial charge in [0.25, 0.3) is 0 Å². The second kappa shape index (κ2) is 6.17. The van der Waals surface area contributed by atoms with Crippen molar-refractivity contribution in [1.29, 1.82) is 0 Å². The van der Waals surface area contributed by atoms with Gasteiger partial charge in [-0.3, -0.25) is 9.48 Å². The predicted octanol–water partition coefficient (Wildman–Crippen LogP) is 3.50. The molecule has 0 atom stereocenters. The molecule has 1 aromatic carbocycles. The number of hydrogen-bond donors (Lipinski definition) is 0. The van der Waals surface area contributed by atoms with E-state index in [0.717, 1.165) is 21.9 Å². The molecule has 6 heteroatoms. The first-order valence-corrected chi connectivity index (χ1v) is 6.95. The Hall–Kier alpha value is -1.69. The summed E-state index contributed by atoms with van der Waals surface area (Å²) >= 11 is 3.45. The lowest BCUT2D eigenvalue weighted by atomic mass is 10.2. The van der Waals surface area contributed by atoms with E-state index in [4.69, 9.17) is 4.74 Å². The maximum Gasteiger partial charge on any atom is 0.165 e. The first-order chi connectivity index (χ1) is 9.56. The summed E-state index contributed by atoms with van der Waals surface area (Å²) in [6, 6.07) is 4.12. The van der Waals surface area contributed by atoms with Gasteiger partial charge >= 0.3 is 0 Å². The quantitative estimate of drug-likeness (QED) is 0.782. The van der Waals surface area contributed by atoms with Gasteiger partial charge in [0.15, 0.2) is 11.6 Å². The van der Waals surface area contributed by atoms with Crippen molar-refractivity contribution >= 4 is 22.2 Å². The Morgan fingerprint density at radius 3 is 2.85 bits per heavy atom. The fourth-order valence-electron chi connectivity index (χ4n) is 1.86. The van der Waals surface area contributed by atoms with Crippen LogP contribution < -0.4 is 4.74 Å². The van der Waals surface area contributed by atoms with Gasteiger partial charge in [0.2, 0.25) is 0 Å². The molecule has 4 nitrogen and oxygen atoms in total. The van der Waals surface area contributed by atoms with Crippen molar-refractivity contribution in [1.82, 2.24) is 9.78 Å². The number of benzene rings is 1. The normalized spacial score (nSPS) is 10.6. The Labute approximate surface area is 124 Å². The molecule has 1 aromatic heterocycles. The predicted molar refractivity (Wildman–Crippen MR) is 76.5 cm³/mol. The molecule has 0 spiro atoms. The number of ether oxygens (including phenoxy) is 1. The molecule has 0 bridgehead atoms. The molecule has 20 heavy (non-hydrogen) atoms. The Morgan fingerprint density at radius 1 is 1.50 bits per heavy atom. The summed E-state index contributed by atoms with van der Waals surface area (Å²) in [5, 5.41) is 4.34. The number of aryl methyl sites for hydroxylation is 2. The standard InChI is InChI=1S/C14H14BrFN2O2/c1-3-18-12(14(15)9(2)17-18)8-20-13-5-4-10(7-19)6-11(13)16/h4-7H,3,8H2,1-2H3. The van der Waals surface area contributed by atoms with E-state index in [1.165, 1.54) is 12.1 Å². The second-order valence-corrected chi connectivity index (χ2v) is 5.05. The van der Waals surface area contributed by atoms with E-state index in [9.17, 15) is 9.18 Å². The van der Waals surface area contributed by atoms with Gasteiger partial charge in [-0.15, -0.1) is 0 Å². The highest BCUT2D eigenvalue weighted by Crippen LogP contribution is 2.24. The lowest BCUT2D eigenvalue weighted by molar-refractivity contribution is 0.112. The highest BCUT2D eigenvalue weighted by molar-refractivity contribution is 9.10. The molecular weight excluding hydrogens is 327 g/mol. The highest BCUT2D eigenvalue weighted by Gasteiger charge is 2.13. The van der Waals surface area contributed by atoms with Crippen LogP contribution in [0.1, 0.15) is 28.7 Å². The van der Waals surface area contributed by atoms with E-state index in [-0.39, 0.29) is 17.9 Å². The molecule has 0 radical (unpaired) electrons. The molecule has 0 fully saturated rings. The van der Waals surface area contributed by atoms with E-state index < -0.39 is 5.82 Å². The van der Waals surface area contributed by atoms with E-state index in [1.807, 2.05) is 13.8 Å². The SMILES string of the molecule is CCn1nc(C)c(Br)c1COc1ccc(C=O)cc1F. The first kappa shape index (κ1) is 14.7. The van der Waals surface area contributed by atoms with Crippen LogP contribution in [0.15, 0.2) is 22.7 Å². The number of rotatable bonds is 5. The van der Waals surface area contributed by atoms with Crippen molar-refractivity contribution in [3.63, 3.8) is 0 Å². The van der Waals surface area contributed by atoms with E-state index in [2.05, 4.69) is 21.0 Å². The van der Waals surface area contributed by atoms with Crippen LogP contribution in [0, 0.1) is 12.7 Å². The third kappa shape index (κ3) is 2.90. The Balaban J connectivity index is 2.18. The number of hydrogen-bond acceptors (Lipinski definition) is 3. The summed E-state index contributed by atoms with van der Waals surface area (Å²) in [7, 11) is 0. The summed E-state index contributed by atoms with van der Waals surface area (Å²) < 4.78 is 21.9. The Morgan fingerprint density at radius 2 is 2.25 bits per heavy atom. The van der Waals surface area contributed by atoms with Crippen LogP contribution in [0.2, 0.25) is 0 Å². The van der Waals surface area contributed by atoms with Crippen molar-refractivity contribution in [2.75, 3.05) is 0 Å². The molecule has 2 aromatic rings. The van der Waals surface area contributed by atoms with Crippen molar-refractivity contribution < 1.29 is 13.9 Å². The number of carbonyl (C=O) groups excluding carboxylic acids is 1. The number of aromatic nitrogens is 2. The average Bonchev–Trinajstić information content (AvgIpc) is 2.73. The van der Waals surface area contributed by atoms with Crippen molar-refractivity contribution in [2.24, 2.45) is 0 Å². The average molecular weight is 341 g/mol. The van der Waals surface area contributed by atoms with Crippen LogP contribution in [0.4, 0.5) is 4.39 Å². The monoisotopic (exact) mass is 340 g/mol. The van der Waals surface area contributed by atoms with E-state index >= 15 is 0 Å². The van der Waals surface area contributed by atoms with Crippen LogP contribution in [0.3, 0.4) is 0 Å². The number of aldehydes is 1. The molecule has 0 aliphatic heterocycles. The third-order valence-corrected chi connectivity index (χ3v) is 3.94. The number of halogens is 2. The lowest BCUT2D eigenvalue weighted by Gasteiger charge is -2.09. The number of nitrogens with zero attached hydrogens (tertiary/aromatic N) is 2. The largest absolute Gasteiger partial charge is 0.484 e. The molecule has 2 rings (SSSR count). The van der Waals surface area contributed by atoms with Crippen LogP contribution in [-0.2, 0) is 13.2 Å². The van der Waals surface area contributed by atoms with E-state index in [0.29, 0.717) is 12.8 Å². The van der Waals surface area contributed by atoms with Crippen LogP contribution in [0.25, 0.3) is 0 Å². The third-order valence-electron chi connectivity index (χ3n) is 2.91. The molecule has 106 valence electrons. The van der Waals surface area contributed by atoms with E-state index in [1.54, 1.807) is 4.68 Å². The van der Waals surface area contributed by atoms with Gasteiger partial charge < -0.3 is 4.74 Å². The summed E-state index contributed by atoms with van der Waals surface area (Å²) in [6.07, 6.45) is 0.596. The molecule has 0 saturated carbocycles. The van der Waals surface area contributed by atoms with Crippen LogP contribution >= 0.6 is 15.9 Å². The fraction of sp³-hybridized carbons (Fsp3) is 0.286. The molecule has 0 aliphatic rings. The molecule has 0 aliphatic carbocycles. The van der Waals surface area contributed by atoms with Gasteiger partial charge in [0, 0.05) is 12.1 Å². The molecule has 0 saturated heterocycles. The summed E-state index contributed by atoms with van der Waals surface area (Å²) in [5.74, 6) is -0.436. The zero-order chi connectivity index (χ0) is 14.7. The minimum absolute atomic E-state index is 0.115. The van der Waals surface area contributed by atoms with Gasteiger partial charge in [0.05, 0.1) is 15.9 Å². The minimum atomic E-state index is -0.551. The maximum atomic E-state index is 13.7. The lowest BCUT2D eigenvalue weighted by Crippen LogP contribution is -2.07. The fourth-order valence-corrected chi connectivity index (χ4v) is 2.26. The smallest absolute Gasteiger partial charge is 0.165 e. The Bertz CT molecular complexity index is 640. The van der Waals surface area contributed by atoms with Gasteiger partial charge in [-0.2, -0.15) is 5.10 Å². The van der Waals surface area contributed by atoms with Crippen LogP contribution in [-0.4, -0.2) is 16.1 Å². The van der Waals surface area contributed by atoms with Gasteiger partial charge in [0.1, 0.15) is 12.9 Å². The molecule has 0 amide bonds. The molecule has 1 heterocycles. The maximum absolute atomic E-state index is 13.7. The van der Waals surface area contributed by atoms with Gasteiger partial charge in [-0.1, -0.05) is 0 Å². The van der Waals surface area contributed by atoms with Crippen molar-refractivity contribution in [3.8, 4) is 5.75 Å². The highest BCUT2D eigenvalue weighted by atomic mass is 79.9. The van der Waals surface area contributed by atoms with Gasteiger partial charge in [-0.25, -0.2) is 4.39 Å². The zero-order valence-corrected chi connectivity index (χ0v) is 12.8. The number of carbonyl (C=O) groups is 1. The molecule has 0 unspecified atom stereocenters. The molecular formula is C14H14BrFN2O2. The van der Waals surface area contributed by atoms with Gasteiger partial charge in [-0.05, 0) is 48.0 Å². The van der Waals surface area contributed by atoms with Crippen molar-refractivity contribution in [2.45, 2.75) is 27.0 Å². The first-order valence-electron chi connectivity index (χ1n) is 6.16. The molecule has 0 N–H and O–H groups in total. The summed E-state index contributed by atoms with van der Waals surface area (Å²) in [5.41, 5.74) is 2.00. The van der Waals surface area contributed by atoms with Crippen molar-refractivity contribution in [3.05, 3.63) is 45.4 Å². The second-order valence-electron chi connectivity index (χ2n) is 4.26. The zero-order valence-electron chi connectivity index (χ0n) is 11.2. The minimum Gasteiger partial charge on any atom is -0.484 e. The summed E-state index contributed by atoms with van der Waals surface area (Å²) in [6.45, 7) is 4.77. The van der Waals surface area contributed by atoms with Crippen LogP contribution in [0.5, 0.6) is 5.75 Å². The Kier molecular flexibility index (Phi) is 4.54. The topological polar surface area (TPSA) is 44.1 Å². The summed E-state index contributed by atoms with van der Waals surface area (Å²) in [4.78, 5) is 10.6.